The van der Waals surface area contributed by atoms with Crippen molar-refractivity contribution in [3.8, 4) is 17.0 Å². The number of halogens is 1. The maximum atomic E-state index is 11.7. The van der Waals surface area contributed by atoms with E-state index in [2.05, 4.69) is 36.5 Å². The summed E-state index contributed by atoms with van der Waals surface area (Å²) < 4.78 is 1.12. The zero-order chi connectivity index (χ0) is 26.4. The first-order chi connectivity index (χ1) is 17.1. The van der Waals surface area contributed by atoms with Gasteiger partial charge >= 0.3 is 13.1 Å². The summed E-state index contributed by atoms with van der Waals surface area (Å²) in [6, 6.07) is 10.6. The molecule has 0 aliphatic rings. The minimum Gasteiger partial charge on any atom is -0.505 e. The van der Waals surface area contributed by atoms with Gasteiger partial charge in [0, 0.05) is 24.4 Å². The fraction of sp³-hybridized carbons (Fsp3) is 0.0952. The second-order valence-electron chi connectivity index (χ2n) is 7.13. The summed E-state index contributed by atoms with van der Waals surface area (Å²) >= 11 is 4.28. The first-order valence-electron chi connectivity index (χ1n) is 10.3. The van der Waals surface area contributed by atoms with E-state index < -0.39 is 12.0 Å². The predicted molar refractivity (Wildman–Crippen MR) is 142 cm³/mol. The number of nitrogens with one attached hydrogen (secondary N) is 2. The van der Waals surface area contributed by atoms with Crippen LogP contribution in [0.3, 0.4) is 0 Å². The van der Waals surface area contributed by atoms with Crippen molar-refractivity contribution >= 4 is 72.6 Å². The number of thiazole rings is 1. The van der Waals surface area contributed by atoms with Gasteiger partial charge in [0.15, 0.2) is 5.13 Å². The largest absolute Gasteiger partial charge is 0.505 e. The summed E-state index contributed by atoms with van der Waals surface area (Å²) in [7, 11) is -1.61. The first-order valence-corrected chi connectivity index (χ1v) is 11.9. The third-order valence-electron chi connectivity index (χ3n) is 4.61. The number of urea groups is 1. The Morgan fingerprint density at radius 1 is 1.28 bits per heavy atom. The number of nitrogens with zero attached hydrogens (tertiary/aromatic N) is 3. The van der Waals surface area contributed by atoms with E-state index in [9.17, 15) is 25.0 Å². The van der Waals surface area contributed by atoms with E-state index in [1.165, 1.54) is 17.4 Å². The van der Waals surface area contributed by atoms with Crippen molar-refractivity contribution < 1.29 is 24.9 Å². The smallest absolute Gasteiger partial charge is 0.488 e. The van der Waals surface area contributed by atoms with Gasteiger partial charge in [-0.3, -0.25) is 20.4 Å². The van der Waals surface area contributed by atoms with Gasteiger partial charge in [0.2, 0.25) is 0 Å². The number of pyridine rings is 1. The number of hydrogen-bond acceptors (Lipinski definition) is 10. The number of nitro benzene ring substituents is 1. The van der Waals surface area contributed by atoms with E-state index in [0.717, 1.165) is 16.3 Å². The molecule has 0 fully saturated rings. The van der Waals surface area contributed by atoms with Crippen molar-refractivity contribution in [2.75, 3.05) is 17.6 Å². The number of phenols is 1. The molecule has 0 spiro atoms. The maximum Gasteiger partial charge on any atom is 0.488 e. The second-order valence-corrected chi connectivity index (χ2v) is 8.98. The van der Waals surface area contributed by atoms with Gasteiger partial charge in [0.05, 0.1) is 37.1 Å². The monoisotopic (exact) mass is 574 g/mol. The van der Waals surface area contributed by atoms with Crippen LogP contribution in [0.15, 0.2) is 53.1 Å². The summed E-state index contributed by atoms with van der Waals surface area (Å²) in [5.41, 5.74) is 7.54. The number of phenolic OH excluding ortho intramolecular Hbond substituents is 1. The summed E-state index contributed by atoms with van der Waals surface area (Å²) in [6.07, 6.45) is 1.66. The van der Waals surface area contributed by atoms with Gasteiger partial charge in [-0.15, -0.1) is 0 Å². The van der Waals surface area contributed by atoms with Crippen LogP contribution in [0.1, 0.15) is 6.92 Å². The van der Waals surface area contributed by atoms with Crippen molar-refractivity contribution in [3.05, 3.63) is 63.2 Å². The average Bonchev–Trinajstić information content (AvgIpc) is 3.24. The molecule has 0 aliphatic heterocycles. The number of nitrogens with two attached hydrogens (primary N) is 1. The van der Waals surface area contributed by atoms with Crippen LogP contribution >= 0.6 is 27.3 Å². The number of nitrogen functional groups attached to an aromatic ring is 1. The molecule has 0 bridgehead atoms. The summed E-state index contributed by atoms with van der Waals surface area (Å²) in [5, 5.41) is 44.1. The molecule has 12 nitrogen and oxygen atoms in total. The highest BCUT2D eigenvalue weighted by atomic mass is 79.9. The molecule has 2 aromatic carbocycles. The Morgan fingerprint density at radius 2 is 2.03 bits per heavy atom. The third-order valence-corrected chi connectivity index (χ3v) is 6.29. The zero-order valence-corrected chi connectivity index (χ0v) is 21.1. The lowest BCUT2D eigenvalue weighted by atomic mass is 9.79. The molecule has 4 aromatic rings. The number of benzene rings is 2. The van der Waals surface area contributed by atoms with Crippen molar-refractivity contribution in [1.29, 1.82) is 0 Å². The van der Waals surface area contributed by atoms with Crippen LogP contribution in [0.4, 0.5) is 21.3 Å². The molecule has 2 aromatic heterocycles. The van der Waals surface area contributed by atoms with Gasteiger partial charge in [0.25, 0.3) is 5.69 Å². The fourth-order valence-corrected chi connectivity index (χ4v) is 4.37. The topological polar surface area (TPSA) is 197 Å². The van der Waals surface area contributed by atoms with Gasteiger partial charge in [-0.1, -0.05) is 23.5 Å². The molecule has 0 radical (unpaired) electrons. The predicted octanol–water partition coefficient (Wildman–Crippen LogP) is 2.82. The molecule has 0 saturated heterocycles. The van der Waals surface area contributed by atoms with Gasteiger partial charge in [-0.2, -0.15) is 0 Å². The number of amides is 2. The van der Waals surface area contributed by atoms with E-state index in [1.807, 2.05) is 19.1 Å². The van der Waals surface area contributed by atoms with E-state index in [1.54, 1.807) is 24.4 Å². The van der Waals surface area contributed by atoms with Crippen LogP contribution in [0.2, 0.25) is 0 Å². The number of nitro groups is 1. The number of fused-ring (bicyclic) bond motifs is 1. The van der Waals surface area contributed by atoms with Crippen LogP contribution in [0.25, 0.3) is 21.5 Å². The Kier molecular flexibility index (Phi) is 8.76. The van der Waals surface area contributed by atoms with Crippen LogP contribution < -0.4 is 21.8 Å². The lowest BCUT2D eigenvalue weighted by Crippen LogP contribution is -2.29. The molecule has 0 aliphatic carbocycles. The number of aromatic nitrogens is 2. The molecule has 0 unspecified atom stereocenters. The Hall–Kier alpha value is -3.79. The van der Waals surface area contributed by atoms with Crippen molar-refractivity contribution in [3.63, 3.8) is 0 Å². The quantitative estimate of drug-likeness (QED) is 0.0682. The van der Waals surface area contributed by atoms with Gasteiger partial charge in [-0.25, -0.2) is 9.78 Å². The first kappa shape index (κ1) is 26.8. The molecular formula is C21H20BBrN6O6S. The maximum absolute atomic E-state index is 11.7. The van der Waals surface area contributed by atoms with Crippen LogP contribution in [0.5, 0.6) is 5.75 Å². The summed E-state index contributed by atoms with van der Waals surface area (Å²) in [5.74, 6) is -0.295. The Balaban J connectivity index is 0.000000253. The highest BCUT2D eigenvalue weighted by Crippen LogP contribution is 2.34. The molecule has 0 atom stereocenters. The number of hydrogen-bond donors (Lipinski definition) is 6. The van der Waals surface area contributed by atoms with Gasteiger partial charge in [0.1, 0.15) is 5.75 Å². The Bertz CT molecular complexity index is 1380. The molecule has 0 saturated carbocycles. The van der Waals surface area contributed by atoms with E-state index in [-0.39, 0.29) is 23.2 Å². The molecule has 4 rings (SSSR count). The standard InChI is InChI=1S/C15H15BN4O3S.C6H5BrN2O3/c1-2-17-14(21)20-15-19-12-8-9(16(22)23)7-10(13(12)24-15)11-5-3-4-6-18-11;7-4-1-3(9(11)12)2-5(10)6(4)8/h3-8,22-23H,2H2,1H3,(H2,17,19,20,21);1-2,10H,8H2. The molecule has 186 valence electrons. The van der Waals surface area contributed by atoms with Crippen LogP contribution in [0, 0.1) is 10.1 Å². The SMILES string of the molecule is CCNC(=O)Nc1nc2cc(B(O)O)cc(-c3ccccn3)c2s1.Nc1c(O)cc([N+](=O)[O-])cc1Br. The van der Waals surface area contributed by atoms with Crippen LogP contribution in [-0.4, -0.2) is 49.7 Å². The van der Waals surface area contributed by atoms with Crippen molar-refractivity contribution in [1.82, 2.24) is 15.3 Å². The normalized spacial score (nSPS) is 10.3. The minimum atomic E-state index is -1.61. The van der Waals surface area contributed by atoms with E-state index in [4.69, 9.17) is 10.8 Å². The van der Waals surface area contributed by atoms with Crippen molar-refractivity contribution in [2.45, 2.75) is 6.92 Å². The number of non-ortho nitro benzene ring substituents is 1. The number of anilines is 2. The highest BCUT2D eigenvalue weighted by Gasteiger charge is 2.19. The highest BCUT2D eigenvalue weighted by molar-refractivity contribution is 9.10. The minimum absolute atomic E-state index is 0.0978. The second kappa shape index (κ2) is 11.8. The Labute approximate surface area is 217 Å². The average molecular weight is 575 g/mol. The number of carbonyl (C=O) groups excluding carboxylic acids is 1. The third kappa shape index (κ3) is 6.45. The fourth-order valence-electron chi connectivity index (χ4n) is 2.97. The molecule has 2 heterocycles. The zero-order valence-electron chi connectivity index (χ0n) is 18.7. The lowest BCUT2D eigenvalue weighted by Gasteiger charge is -2.05. The van der Waals surface area contributed by atoms with E-state index >= 15 is 0 Å². The summed E-state index contributed by atoms with van der Waals surface area (Å²) in [6.45, 7) is 2.34. The van der Waals surface area contributed by atoms with Crippen LogP contribution in [-0.2, 0) is 0 Å². The molecule has 2 amide bonds. The summed E-state index contributed by atoms with van der Waals surface area (Å²) in [4.78, 5) is 30.0. The molecule has 7 N–H and O–H groups in total. The Morgan fingerprint density at radius 3 is 2.61 bits per heavy atom. The lowest BCUT2D eigenvalue weighted by molar-refractivity contribution is -0.385. The molecule has 15 heteroatoms. The molecule has 36 heavy (non-hydrogen) atoms. The molecular weight excluding hydrogens is 555 g/mol. The number of aromatic hydroxyl groups is 1. The van der Waals surface area contributed by atoms with Crippen molar-refractivity contribution in [2.24, 2.45) is 0 Å². The number of rotatable bonds is 5. The van der Waals surface area contributed by atoms with E-state index in [0.29, 0.717) is 32.8 Å². The van der Waals surface area contributed by atoms with Gasteiger partial charge in [-0.05, 0) is 46.5 Å². The number of carbonyl (C=O) groups is 1. The van der Waals surface area contributed by atoms with Gasteiger partial charge < -0.3 is 26.2 Å².